The van der Waals surface area contributed by atoms with Crippen molar-refractivity contribution in [3.05, 3.63) is 35.1 Å². The molecular weight excluding hydrogens is 241 g/mol. The van der Waals surface area contributed by atoms with Crippen molar-refractivity contribution in [1.82, 2.24) is 4.90 Å². The Balaban J connectivity index is 2.76. The molecule has 104 valence electrons. The van der Waals surface area contributed by atoms with Gasteiger partial charge in [-0.25, -0.2) is 4.39 Å². The lowest BCUT2D eigenvalue weighted by Gasteiger charge is -2.18. The fourth-order valence-electron chi connectivity index (χ4n) is 1.79. The first-order valence-corrected chi connectivity index (χ1v) is 6.59. The third-order valence-corrected chi connectivity index (χ3v) is 2.90. The van der Waals surface area contributed by atoms with Crippen LogP contribution in [0.2, 0.25) is 0 Å². The Kier molecular flexibility index (Phi) is 6.55. The molecular formula is C16H22FNO. The summed E-state index contributed by atoms with van der Waals surface area (Å²) in [5.74, 6) is 5.76. The molecule has 3 heteroatoms. The molecule has 0 atom stereocenters. The Bertz CT molecular complexity index is 460. The molecule has 0 radical (unpaired) electrons. The van der Waals surface area contributed by atoms with Crippen LogP contribution < -0.4 is 0 Å². The molecule has 0 aliphatic carbocycles. The van der Waals surface area contributed by atoms with E-state index in [0.717, 1.165) is 25.1 Å². The minimum absolute atomic E-state index is 0.209. The molecule has 1 rings (SSSR count). The molecule has 0 spiro atoms. The van der Waals surface area contributed by atoms with Crippen LogP contribution in [0, 0.1) is 23.6 Å². The van der Waals surface area contributed by atoms with E-state index in [4.69, 9.17) is 5.11 Å². The maximum Gasteiger partial charge on any atom is 0.124 e. The molecule has 1 N–H and O–H groups in total. The first kappa shape index (κ1) is 15.7. The number of hydrogen-bond donors (Lipinski definition) is 1. The molecule has 1 aromatic carbocycles. The van der Waals surface area contributed by atoms with Gasteiger partial charge in [-0.05, 0) is 43.6 Å². The van der Waals surface area contributed by atoms with Crippen LogP contribution in [0.15, 0.2) is 18.2 Å². The summed E-state index contributed by atoms with van der Waals surface area (Å²) in [5.41, 5.74) is 1.65. The van der Waals surface area contributed by atoms with Crippen LogP contribution >= 0.6 is 0 Å². The van der Waals surface area contributed by atoms with E-state index in [-0.39, 0.29) is 12.4 Å². The van der Waals surface area contributed by atoms with Crippen LogP contribution in [-0.2, 0) is 6.54 Å². The Labute approximate surface area is 115 Å². The molecule has 0 saturated heterocycles. The predicted molar refractivity (Wildman–Crippen MR) is 76.2 cm³/mol. The molecule has 0 bridgehead atoms. The Morgan fingerprint density at radius 3 is 2.74 bits per heavy atom. The maximum atomic E-state index is 13.2. The van der Waals surface area contributed by atoms with Crippen molar-refractivity contribution >= 4 is 0 Å². The number of halogens is 1. The second-order valence-corrected chi connectivity index (χ2v) is 5.18. The van der Waals surface area contributed by atoms with Crippen molar-refractivity contribution in [1.29, 1.82) is 0 Å². The zero-order chi connectivity index (χ0) is 14.3. The molecule has 0 saturated carbocycles. The minimum Gasteiger partial charge on any atom is -0.384 e. The van der Waals surface area contributed by atoms with Gasteiger partial charge in [0, 0.05) is 12.1 Å². The highest BCUT2D eigenvalue weighted by molar-refractivity contribution is 5.41. The Hall–Kier alpha value is -1.37. The Morgan fingerprint density at radius 2 is 2.11 bits per heavy atom. The zero-order valence-corrected chi connectivity index (χ0v) is 11.9. The number of benzene rings is 1. The highest BCUT2D eigenvalue weighted by atomic mass is 19.1. The van der Waals surface area contributed by atoms with E-state index in [0.29, 0.717) is 11.5 Å². The van der Waals surface area contributed by atoms with E-state index in [1.54, 1.807) is 6.07 Å². The molecule has 0 fully saturated rings. The monoisotopic (exact) mass is 263 g/mol. The van der Waals surface area contributed by atoms with Crippen LogP contribution in [-0.4, -0.2) is 30.2 Å². The zero-order valence-electron chi connectivity index (χ0n) is 11.9. The molecule has 0 amide bonds. The smallest absolute Gasteiger partial charge is 0.124 e. The molecule has 0 heterocycles. The molecule has 2 nitrogen and oxygen atoms in total. The number of aliphatic hydroxyl groups is 1. The van der Waals surface area contributed by atoms with Gasteiger partial charge >= 0.3 is 0 Å². The second kappa shape index (κ2) is 7.93. The predicted octanol–water partition coefficient (Wildman–Crippen LogP) is 2.65. The van der Waals surface area contributed by atoms with Gasteiger partial charge in [0.05, 0.1) is 0 Å². The summed E-state index contributed by atoms with van der Waals surface area (Å²) in [4.78, 5) is 2.21. The lowest BCUT2D eigenvalue weighted by molar-refractivity contribution is 0.303. The topological polar surface area (TPSA) is 23.5 Å². The van der Waals surface area contributed by atoms with Crippen LogP contribution in [0.1, 0.15) is 31.4 Å². The number of rotatable bonds is 5. The number of nitrogens with zero attached hydrogens (tertiary/aromatic N) is 1. The first-order chi connectivity index (χ1) is 9.02. The van der Waals surface area contributed by atoms with Gasteiger partial charge in [0.25, 0.3) is 0 Å². The highest BCUT2D eigenvalue weighted by Crippen LogP contribution is 2.13. The van der Waals surface area contributed by atoms with Gasteiger partial charge < -0.3 is 10.0 Å². The van der Waals surface area contributed by atoms with Crippen molar-refractivity contribution < 1.29 is 9.50 Å². The van der Waals surface area contributed by atoms with Gasteiger partial charge in [-0.15, -0.1) is 0 Å². The standard InChI is InChI=1S/C16H22FNO/c1-13(2)8-9-18(3)12-15-6-7-16(17)11-14(15)5-4-10-19/h6-7,11,13,19H,8-10,12H2,1-3H3. The van der Waals surface area contributed by atoms with E-state index in [9.17, 15) is 4.39 Å². The summed E-state index contributed by atoms with van der Waals surface area (Å²) in [6.07, 6.45) is 1.13. The average molecular weight is 263 g/mol. The van der Waals surface area contributed by atoms with Gasteiger partial charge in [-0.3, -0.25) is 0 Å². The van der Waals surface area contributed by atoms with Crippen molar-refractivity contribution in [3.8, 4) is 11.8 Å². The van der Waals surface area contributed by atoms with Crippen LogP contribution in [0.25, 0.3) is 0 Å². The summed E-state index contributed by atoms with van der Waals surface area (Å²) < 4.78 is 13.2. The summed E-state index contributed by atoms with van der Waals surface area (Å²) in [5, 5.41) is 8.74. The van der Waals surface area contributed by atoms with Crippen LogP contribution in [0.4, 0.5) is 4.39 Å². The van der Waals surface area contributed by atoms with E-state index in [1.165, 1.54) is 12.1 Å². The summed E-state index contributed by atoms with van der Waals surface area (Å²) >= 11 is 0. The second-order valence-electron chi connectivity index (χ2n) is 5.18. The molecule has 0 aliphatic rings. The number of hydrogen-bond acceptors (Lipinski definition) is 2. The molecule has 0 aromatic heterocycles. The molecule has 0 unspecified atom stereocenters. The quantitative estimate of drug-likeness (QED) is 0.826. The minimum atomic E-state index is -0.296. The molecule has 19 heavy (non-hydrogen) atoms. The molecule has 1 aromatic rings. The first-order valence-electron chi connectivity index (χ1n) is 6.59. The fourth-order valence-corrected chi connectivity index (χ4v) is 1.79. The van der Waals surface area contributed by atoms with Crippen molar-refractivity contribution in [2.45, 2.75) is 26.8 Å². The van der Waals surface area contributed by atoms with Gasteiger partial charge in [0.1, 0.15) is 12.4 Å². The Morgan fingerprint density at radius 1 is 1.37 bits per heavy atom. The van der Waals surface area contributed by atoms with Crippen molar-refractivity contribution in [3.63, 3.8) is 0 Å². The van der Waals surface area contributed by atoms with Gasteiger partial charge in [0.2, 0.25) is 0 Å². The van der Waals surface area contributed by atoms with Crippen molar-refractivity contribution in [2.75, 3.05) is 20.2 Å². The lowest BCUT2D eigenvalue weighted by Crippen LogP contribution is -2.21. The van der Waals surface area contributed by atoms with Gasteiger partial charge in [-0.2, -0.15) is 0 Å². The third-order valence-electron chi connectivity index (χ3n) is 2.90. The number of aliphatic hydroxyl groups excluding tert-OH is 1. The van der Waals surface area contributed by atoms with Crippen LogP contribution in [0.3, 0.4) is 0 Å². The molecule has 0 aliphatic heterocycles. The van der Waals surface area contributed by atoms with Gasteiger partial charge in [-0.1, -0.05) is 31.8 Å². The summed E-state index contributed by atoms with van der Waals surface area (Å²) in [6.45, 7) is 5.93. The summed E-state index contributed by atoms with van der Waals surface area (Å²) in [7, 11) is 2.05. The highest BCUT2D eigenvalue weighted by Gasteiger charge is 2.06. The van der Waals surface area contributed by atoms with Gasteiger partial charge in [0.15, 0.2) is 0 Å². The largest absolute Gasteiger partial charge is 0.384 e. The van der Waals surface area contributed by atoms with E-state index >= 15 is 0 Å². The SMILES string of the molecule is CC(C)CCN(C)Cc1ccc(F)cc1C#CCO. The summed E-state index contributed by atoms with van der Waals surface area (Å²) in [6, 6.07) is 4.65. The maximum absolute atomic E-state index is 13.2. The normalized spacial score (nSPS) is 10.7. The average Bonchev–Trinajstić information content (AvgIpc) is 2.36. The fraction of sp³-hybridized carbons (Fsp3) is 0.500. The van der Waals surface area contributed by atoms with Crippen molar-refractivity contribution in [2.24, 2.45) is 5.92 Å². The van der Waals surface area contributed by atoms with E-state index in [2.05, 4.69) is 37.6 Å². The van der Waals surface area contributed by atoms with Crippen LogP contribution in [0.5, 0.6) is 0 Å². The van der Waals surface area contributed by atoms with E-state index in [1.807, 2.05) is 0 Å². The lowest BCUT2D eigenvalue weighted by atomic mass is 10.1. The third kappa shape index (κ3) is 5.87. The van der Waals surface area contributed by atoms with E-state index < -0.39 is 0 Å².